The van der Waals surface area contributed by atoms with Gasteiger partial charge in [-0.15, -0.1) is 0 Å². The summed E-state index contributed by atoms with van der Waals surface area (Å²) in [6.45, 7) is 0.330. The number of hydrogen-bond acceptors (Lipinski definition) is 4. The van der Waals surface area contributed by atoms with E-state index in [0.717, 1.165) is 42.5 Å². The van der Waals surface area contributed by atoms with E-state index in [-0.39, 0.29) is 23.9 Å². The molecule has 31 heavy (non-hydrogen) atoms. The molecule has 2 amide bonds. The maximum Gasteiger partial charge on any atom is 0.269 e. The molecule has 1 aromatic carbocycles. The van der Waals surface area contributed by atoms with Crippen molar-refractivity contribution in [1.29, 1.82) is 0 Å². The molecule has 3 fully saturated rings. The number of imidazole rings is 1. The van der Waals surface area contributed by atoms with Crippen LogP contribution >= 0.6 is 0 Å². The summed E-state index contributed by atoms with van der Waals surface area (Å²) < 4.78 is 17.1. The number of primary amides is 1. The molecule has 1 saturated heterocycles. The molecule has 7 rings (SSSR count). The van der Waals surface area contributed by atoms with E-state index in [2.05, 4.69) is 26.7 Å². The van der Waals surface area contributed by atoms with Gasteiger partial charge in [0.2, 0.25) is 5.60 Å². The Labute approximate surface area is 177 Å². The number of rotatable bonds is 2. The highest BCUT2D eigenvalue weighted by molar-refractivity contribution is 5.93. The zero-order chi connectivity index (χ0) is 21.5. The third-order valence-electron chi connectivity index (χ3n) is 7.00. The molecule has 1 atom stereocenters. The van der Waals surface area contributed by atoms with Crippen molar-refractivity contribution in [3.05, 3.63) is 40.5 Å². The van der Waals surface area contributed by atoms with Gasteiger partial charge in [0, 0.05) is 30.5 Å². The standard InChI is InChI=1S/C23H21FN4O3/c24-17-10-15-13-7-14(8-13)28-19(11-1-2-11)18(20(25)29)27-21(28)16(15)9-12(17)3-4-23(31)5-6-26-22(23)30/h9-11,13-14,31H,1-2,5-8H2,(H2,25,29)(H,26,30)/t13?,14?,23-/m1/s1. The van der Waals surface area contributed by atoms with Gasteiger partial charge in [0.25, 0.3) is 11.8 Å². The normalized spacial score (nSPS) is 27.9. The van der Waals surface area contributed by atoms with Crippen molar-refractivity contribution in [2.24, 2.45) is 5.73 Å². The zero-order valence-corrected chi connectivity index (χ0v) is 16.7. The van der Waals surface area contributed by atoms with Crippen molar-refractivity contribution in [1.82, 2.24) is 14.9 Å². The Morgan fingerprint density at radius 3 is 2.74 bits per heavy atom. The molecule has 3 aliphatic heterocycles. The van der Waals surface area contributed by atoms with Crippen LogP contribution in [0.3, 0.4) is 0 Å². The van der Waals surface area contributed by atoms with E-state index >= 15 is 0 Å². The van der Waals surface area contributed by atoms with E-state index in [0.29, 0.717) is 24.0 Å². The Kier molecular flexibility index (Phi) is 3.70. The summed E-state index contributed by atoms with van der Waals surface area (Å²) in [5.74, 6) is 4.77. The number of aromatic nitrogens is 2. The number of carbonyl (C=O) groups is 2. The van der Waals surface area contributed by atoms with Gasteiger partial charge < -0.3 is 20.7 Å². The lowest BCUT2D eigenvalue weighted by Gasteiger charge is -2.35. The van der Waals surface area contributed by atoms with E-state index < -0.39 is 23.2 Å². The number of hydrogen-bond donors (Lipinski definition) is 3. The van der Waals surface area contributed by atoms with Crippen LogP contribution in [0.4, 0.5) is 4.39 Å². The summed E-state index contributed by atoms with van der Waals surface area (Å²) >= 11 is 0. The molecule has 5 aliphatic rings. The van der Waals surface area contributed by atoms with E-state index in [9.17, 15) is 19.1 Å². The predicted molar refractivity (Wildman–Crippen MR) is 109 cm³/mol. The molecule has 4 heterocycles. The minimum atomic E-state index is -1.81. The van der Waals surface area contributed by atoms with Crippen LogP contribution in [-0.4, -0.2) is 38.6 Å². The van der Waals surface area contributed by atoms with Crippen LogP contribution in [0, 0.1) is 17.7 Å². The van der Waals surface area contributed by atoms with E-state index in [1.165, 1.54) is 6.07 Å². The summed E-state index contributed by atoms with van der Waals surface area (Å²) in [6, 6.07) is 3.35. The molecule has 0 unspecified atom stereocenters. The number of nitrogens with one attached hydrogen (secondary N) is 1. The first kappa shape index (κ1) is 18.6. The van der Waals surface area contributed by atoms with Gasteiger partial charge in [0.05, 0.1) is 11.3 Å². The highest BCUT2D eigenvalue weighted by Gasteiger charge is 2.44. The molecular weight excluding hydrogens is 399 g/mol. The maximum atomic E-state index is 14.9. The van der Waals surface area contributed by atoms with Gasteiger partial charge in [-0.05, 0) is 49.3 Å². The van der Waals surface area contributed by atoms with Crippen LogP contribution in [0.5, 0.6) is 0 Å². The van der Waals surface area contributed by atoms with Crippen molar-refractivity contribution >= 4 is 11.8 Å². The molecule has 0 spiro atoms. The first-order valence-corrected chi connectivity index (χ1v) is 10.7. The summed E-state index contributed by atoms with van der Waals surface area (Å²) in [4.78, 5) is 28.6. The molecule has 8 heteroatoms. The van der Waals surface area contributed by atoms with Crippen LogP contribution < -0.4 is 11.1 Å². The highest BCUT2D eigenvalue weighted by atomic mass is 19.1. The third kappa shape index (κ3) is 2.66. The van der Waals surface area contributed by atoms with Gasteiger partial charge in [-0.1, -0.05) is 11.8 Å². The Bertz CT molecular complexity index is 1230. The van der Waals surface area contributed by atoms with Gasteiger partial charge >= 0.3 is 0 Å². The number of carbonyl (C=O) groups excluding carboxylic acids is 2. The van der Waals surface area contributed by atoms with Crippen molar-refractivity contribution in [2.45, 2.75) is 55.6 Å². The number of nitrogens with two attached hydrogens (primary N) is 1. The lowest BCUT2D eigenvalue weighted by Crippen LogP contribution is -2.36. The lowest BCUT2D eigenvalue weighted by atomic mass is 9.75. The lowest BCUT2D eigenvalue weighted by molar-refractivity contribution is -0.130. The average molecular weight is 420 g/mol. The fraction of sp³-hybridized carbons (Fsp3) is 0.435. The smallest absolute Gasteiger partial charge is 0.269 e. The van der Waals surface area contributed by atoms with Gasteiger partial charge in [-0.25, -0.2) is 9.37 Å². The molecular formula is C23H21FN4O3. The Morgan fingerprint density at radius 1 is 1.32 bits per heavy atom. The van der Waals surface area contributed by atoms with E-state index in [1.54, 1.807) is 6.07 Å². The molecule has 0 radical (unpaired) electrons. The monoisotopic (exact) mass is 420 g/mol. The van der Waals surface area contributed by atoms with Crippen molar-refractivity contribution in [3.8, 4) is 23.2 Å². The van der Waals surface area contributed by atoms with Crippen LogP contribution in [0.1, 0.15) is 77.3 Å². The highest BCUT2D eigenvalue weighted by Crippen LogP contribution is 2.55. The Balaban J connectivity index is 1.52. The fourth-order valence-corrected chi connectivity index (χ4v) is 5.11. The summed E-state index contributed by atoms with van der Waals surface area (Å²) in [5, 5.41) is 12.9. The first-order valence-electron chi connectivity index (χ1n) is 10.7. The number of halogens is 1. The quantitative estimate of drug-likeness (QED) is 0.643. The minimum Gasteiger partial charge on any atom is -0.369 e. The number of nitrogens with zero attached hydrogens (tertiary/aromatic N) is 2. The predicted octanol–water partition coefficient (Wildman–Crippen LogP) is 1.70. The van der Waals surface area contributed by atoms with Crippen molar-refractivity contribution < 1.29 is 19.1 Å². The molecule has 2 aliphatic carbocycles. The third-order valence-corrected chi connectivity index (χ3v) is 7.00. The largest absolute Gasteiger partial charge is 0.369 e. The van der Waals surface area contributed by atoms with Gasteiger partial charge in [-0.2, -0.15) is 0 Å². The SMILES string of the molecule is NC(=O)c1nc2n(c1C1CC1)C1CC(C1)c1cc(F)c(C#C[C@@]3(O)CCNC3=O)cc1-2. The van der Waals surface area contributed by atoms with Crippen LogP contribution in [-0.2, 0) is 4.79 Å². The first-order chi connectivity index (χ1) is 14.9. The molecule has 2 aromatic rings. The molecule has 4 N–H and O–H groups in total. The second kappa shape index (κ2) is 6.17. The molecule has 2 saturated carbocycles. The van der Waals surface area contributed by atoms with Gasteiger partial charge in [0.1, 0.15) is 17.3 Å². The maximum absolute atomic E-state index is 14.9. The van der Waals surface area contributed by atoms with E-state index in [4.69, 9.17) is 5.73 Å². The van der Waals surface area contributed by atoms with Crippen molar-refractivity contribution in [2.75, 3.05) is 6.54 Å². The molecule has 158 valence electrons. The second-order valence-electron chi connectivity index (χ2n) is 9.04. The number of aliphatic hydroxyl groups is 1. The number of amides is 2. The van der Waals surface area contributed by atoms with Crippen molar-refractivity contribution in [3.63, 3.8) is 0 Å². The van der Waals surface area contributed by atoms with Crippen LogP contribution in [0.25, 0.3) is 11.4 Å². The van der Waals surface area contributed by atoms with Gasteiger partial charge in [-0.3, -0.25) is 9.59 Å². The summed E-state index contributed by atoms with van der Waals surface area (Å²) in [6.07, 6.45) is 3.92. The summed E-state index contributed by atoms with van der Waals surface area (Å²) in [5.41, 5.74) is 6.75. The molecule has 2 bridgehead atoms. The van der Waals surface area contributed by atoms with Crippen LogP contribution in [0.15, 0.2) is 12.1 Å². The van der Waals surface area contributed by atoms with E-state index in [1.807, 2.05) is 0 Å². The average Bonchev–Trinajstić information content (AvgIpc) is 3.42. The second-order valence-corrected chi connectivity index (χ2v) is 9.04. The van der Waals surface area contributed by atoms with Gasteiger partial charge in [0.15, 0.2) is 0 Å². The zero-order valence-electron chi connectivity index (χ0n) is 16.7. The topological polar surface area (TPSA) is 110 Å². The molecule has 1 aromatic heterocycles. The Hall–Kier alpha value is -3.18. The Morgan fingerprint density at radius 2 is 2.10 bits per heavy atom. The fourth-order valence-electron chi connectivity index (χ4n) is 5.11. The molecule has 7 nitrogen and oxygen atoms in total. The van der Waals surface area contributed by atoms with Crippen LogP contribution in [0.2, 0.25) is 0 Å². The summed E-state index contributed by atoms with van der Waals surface area (Å²) in [7, 11) is 0. The number of benzene rings is 1. The minimum absolute atomic E-state index is 0.0918.